The third kappa shape index (κ3) is 3.61. The molecule has 0 amide bonds. The van der Waals surface area contributed by atoms with Crippen molar-refractivity contribution in [1.29, 1.82) is 0 Å². The second kappa shape index (κ2) is 6.42. The Labute approximate surface area is 100.0 Å². The summed E-state index contributed by atoms with van der Waals surface area (Å²) in [6.45, 7) is 0. The Morgan fingerprint density at radius 1 is 0.812 bits per heavy atom. The fraction of sp³-hybridized carbons (Fsp3) is 0.933. The van der Waals surface area contributed by atoms with E-state index in [-0.39, 0.29) is 0 Å². The maximum absolute atomic E-state index is 12.1. The predicted octanol–water partition coefficient (Wildman–Crippen LogP) is 4.50. The number of hydrogen-bond acceptors (Lipinski definition) is 1. The molecule has 16 heavy (non-hydrogen) atoms. The lowest BCUT2D eigenvalue weighted by molar-refractivity contribution is -0.123. The summed E-state index contributed by atoms with van der Waals surface area (Å²) in [5.41, 5.74) is 0. The Balaban J connectivity index is 1.69. The van der Waals surface area contributed by atoms with E-state index in [1.807, 2.05) is 0 Å². The first-order valence-corrected chi connectivity index (χ1v) is 7.39. The van der Waals surface area contributed by atoms with Gasteiger partial charge in [-0.15, -0.1) is 0 Å². The molecule has 1 heteroatoms. The summed E-state index contributed by atoms with van der Waals surface area (Å²) in [4.78, 5) is 12.1. The van der Waals surface area contributed by atoms with Crippen molar-refractivity contribution >= 4 is 5.78 Å². The van der Waals surface area contributed by atoms with Crippen molar-refractivity contribution in [2.75, 3.05) is 0 Å². The van der Waals surface area contributed by atoms with Gasteiger partial charge in [0.25, 0.3) is 0 Å². The third-order valence-electron chi connectivity index (χ3n) is 4.58. The molecule has 0 unspecified atom stereocenters. The molecule has 0 saturated heterocycles. The molecule has 2 saturated carbocycles. The van der Waals surface area contributed by atoms with Crippen LogP contribution in [-0.2, 0) is 4.79 Å². The van der Waals surface area contributed by atoms with Crippen molar-refractivity contribution in [1.82, 2.24) is 0 Å². The maximum atomic E-state index is 12.1. The minimum absolute atomic E-state index is 0.434. The lowest BCUT2D eigenvalue weighted by Crippen LogP contribution is -2.14. The molecule has 0 radical (unpaired) electrons. The van der Waals surface area contributed by atoms with Crippen LogP contribution in [0.1, 0.15) is 77.0 Å². The van der Waals surface area contributed by atoms with Gasteiger partial charge in [0.05, 0.1) is 0 Å². The molecule has 0 heterocycles. The molecule has 0 bridgehead atoms. The van der Waals surface area contributed by atoms with Gasteiger partial charge in [-0.05, 0) is 25.2 Å². The fourth-order valence-corrected chi connectivity index (χ4v) is 3.45. The third-order valence-corrected chi connectivity index (χ3v) is 4.58. The molecule has 0 aromatic carbocycles. The van der Waals surface area contributed by atoms with Gasteiger partial charge >= 0.3 is 0 Å². The van der Waals surface area contributed by atoms with Gasteiger partial charge in [0.15, 0.2) is 0 Å². The average molecular weight is 222 g/mol. The van der Waals surface area contributed by atoms with Crippen molar-refractivity contribution in [3.05, 3.63) is 0 Å². The van der Waals surface area contributed by atoms with E-state index in [2.05, 4.69) is 0 Å². The number of Topliss-reactive ketones (excluding diaryl/α,β-unsaturated/α-hetero) is 1. The van der Waals surface area contributed by atoms with Crippen molar-refractivity contribution in [3.8, 4) is 0 Å². The minimum Gasteiger partial charge on any atom is -0.299 e. The van der Waals surface area contributed by atoms with E-state index in [0.29, 0.717) is 11.7 Å². The molecule has 92 valence electrons. The van der Waals surface area contributed by atoms with Crippen LogP contribution in [0.2, 0.25) is 0 Å². The highest BCUT2D eigenvalue weighted by Gasteiger charge is 2.22. The summed E-state index contributed by atoms with van der Waals surface area (Å²) in [6, 6.07) is 0. The highest BCUT2D eigenvalue weighted by molar-refractivity contribution is 5.80. The molecule has 0 atom stereocenters. The van der Waals surface area contributed by atoms with Crippen molar-refractivity contribution in [2.24, 2.45) is 11.8 Å². The largest absolute Gasteiger partial charge is 0.299 e. The van der Waals surface area contributed by atoms with Gasteiger partial charge in [0.1, 0.15) is 5.78 Å². The monoisotopic (exact) mass is 222 g/mol. The number of rotatable bonds is 4. The van der Waals surface area contributed by atoms with Gasteiger partial charge in [0, 0.05) is 12.3 Å². The van der Waals surface area contributed by atoms with Crippen LogP contribution in [0.25, 0.3) is 0 Å². The normalized spacial score (nSPS) is 24.5. The van der Waals surface area contributed by atoms with Crippen LogP contribution in [0.15, 0.2) is 0 Å². The molecule has 0 aromatic rings. The van der Waals surface area contributed by atoms with Crippen LogP contribution in [0.4, 0.5) is 0 Å². The molecule has 1 nitrogen and oxygen atoms in total. The van der Waals surface area contributed by atoms with Crippen LogP contribution in [0.3, 0.4) is 0 Å². The highest BCUT2D eigenvalue weighted by atomic mass is 16.1. The first kappa shape index (κ1) is 12.1. The summed E-state index contributed by atoms with van der Waals surface area (Å²) in [5, 5.41) is 0. The zero-order valence-electron chi connectivity index (χ0n) is 10.5. The lowest BCUT2D eigenvalue weighted by atomic mass is 9.90. The van der Waals surface area contributed by atoms with Gasteiger partial charge in [-0.1, -0.05) is 51.4 Å². The second-order valence-electron chi connectivity index (χ2n) is 5.84. The van der Waals surface area contributed by atoms with Crippen LogP contribution in [0.5, 0.6) is 0 Å². The smallest absolute Gasteiger partial charge is 0.135 e. The molecule has 2 aliphatic carbocycles. The van der Waals surface area contributed by atoms with Gasteiger partial charge in [0.2, 0.25) is 0 Å². The second-order valence-corrected chi connectivity index (χ2v) is 5.84. The molecular formula is C15H26O. The maximum Gasteiger partial charge on any atom is 0.135 e. The molecule has 0 aromatic heterocycles. The summed E-state index contributed by atoms with van der Waals surface area (Å²) >= 11 is 0. The zero-order valence-corrected chi connectivity index (χ0v) is 10.5. The Bertz CT molecular complexity index is 207. The molecule has 0 N–H and O–H groups in total. The number of carbonyl (C=O) groups is 1. The molecular weight excluding hydrogens is 196 g/mol. The molecule has 2 rings (SSSR count). The molecule has 2 aliphatic rings. The van der Waals surface area contributed by atoms with Crippen LogP contribution in [0, 0.1) is 11.8 Å². The Morgan fingerprint density at radius 2 is 1.38 bits per heavy atom. The first-order chi connectivity index (χ1) is 7.86. The Hall–Kier alpha value is -0.330. The summed E-state index contributed by atoms with van der Waals surface area (Å²) < 4.78 is 0. The van der Waals surface area contributed by atoms with E-state index < -0.39 is 0 Å². The van der Waals surface area contributed by atoms with Crippen LogP contribution in [-0.4, -0.2) is 5.78 Å². The lowest BCUT2D eigenvalue weighted by Gasteiger charge is -2.14. The predicted molar refractivity (Wildman–Crippen MR) is 67.4 cm³/mol. The number of ketones is 1. The average Bonchev–Trinajstić information content (AvgIpc) is 2.66. The van der Waals surface area contributed by atoms with Crippen molar-refractivity contribution in [3.63, 3.8) is 0 Å². The highest BCUT2D eigenvalue weighted by Crippen LogP contribution is 2.30. The SMILES string of the molecule is O=C(CCC1CCCC1)C1CCCCCC1. The minimum atomic E-state index is 0.434. The summed E-state index contributed by atoms with van der Waals surface area (Å²) in [6.07, 6.45) is 15.3. The number of carbonyl (C=O) groups excluding carboxylic acids is 1. The Kier molecular flexibility index (Phi) is 4.87. The topological polar surface area (TPSA) is 17.1 Å². The number of hydrogen-bond donors (Lipinski definition) is 0. The van der Waals surface area contributed by atoms with E-state index in [0.717, 1.165) is 12.3 Å². The van der Waals surface area contributed by atoms with Gasteiger partial charge in [-0.25, -0.2) is 0 Å². The van der Waals surface area contributed by atoms with Crippen molar-refractivity contribution in [2.45, 2.75) is 77.0 Å². The van der Waals surface area contributed by atoms with Crippen LogP contribution < -0.4 is 0 Å². The van der Waals surface area contributed by atoms with E-state index in [1.54, 1.807) is 0 Å². The Morgan fingerprint density at radius 3 is 2.00 bits per heavy atom. The van der Waals surface area contributed by atoms with Gasteiger partial charge in [-0.3, -0.25) is 4.79 Å². The fourth-order valence-electron chi connectivity index (χ4n) is 3.45. The van der Waals surface area contributed by atoms with E-state index >= 15 is 0 Å². The van der Waals surface area contributed by atoms with Gasteiger partial charge < -0.3 is 0 Å². The van der Waals surface area contributed by atoms with Crippen LogP contribution >= 0.6 is 0 Å². The first-order valence-electron chi connectivity index (χ1n) is 7.39. The zero-order chi connectivity index (χ0) is 11.2. The molecule has 0 aliphatic heterocycles. The molecule has 2 fully saturated rings. The summed E-state index contributed by atoms with van der Waals surface area (Å²) in [5.74, 6) is 1.91. The van der Waals surface area contributed by atoms with Gasteiger partial charge in [-0.2, -0.15) is 0 Å². The standard InChI is InChI=1S/C15H26O/c16-15(12-11-13-7-5-6-8-13)14-9-3-1-2-4-10-14/h13-14H,1-12H2. The van der Waals surface area contributed by atoms with E-state index in [1.165, 1.54) is 70.6 Å². The molecule has 0 spiro atoms. The quantitative estimate of drug-likeness (QED) is 0.640. The summed E-state index contributed by atoms with van der Waals surface area (Å²) in [7, 11) is 0. The van der Waals surface area contributed by atoms with E-state index in [9.17, 15) is 4.79 Å². The van der Waals surface area contributed by atoms with Crippen molar-refractivity contribution < 1.29 is 4.79 Å². The van der Waals surface area contributed by atoms with E-state index in [4.69, 9.17) is 0 Å².